The number of amides is 3. The zero-order valence-electron chi connectivity index (χ0n) is 23.1. The molecule has 2 atom stereocenters. The predicted octanol–water partition coefficient (Wildman–Crippen LogP) is 5.75. The molecule has 0 fully saturated rings. The van der Waals surface area contributed by atoms with E-state index >= 15 is 0 Å². The van der Waals surface area contributed by atoms with E-state index < -0.39 is 17.7 Å². The van der Waals surface area contributed by atoms with Crippen molar-refractivity contribution in [1.82, 2.24) is 10.2 Å². The van der Waals surface area contributed by atoms with E-state index in [4.69, 9.17) is 4.74 Å². The number of nitrogens with zero attached hydrogens (tertiary/aromatic N) is 1. The number of hydrogen-bond acceptors (Lipinski definition) is 4. The minimum absolute atomic E-state index is 0.257. The topological polar surface area (TPSA) is 87.7 Å². The summed E-state index contributed by atoms with van der Waals surface area (Å²) in [6.45, 7) is 16.7. The van der Waals surface area contributed by atoms with Gasteiger partial charge in [-0.3, -0.25) is 9.59 Å². The Kier molecular flexibility index (Phi) is 9.68. The summed E-state index contributed by atoms with van der Waals surface area (Å²) in [5.74, 6) is -0.667. The van der Waals surface area contributed by atoms with Crippen molar-refractivity contribution in [3.8, 4) is 0 Å². The highest BCUT2D eigenvalue weighted by atomic mass is 16.6. The maximum absolute atomic E-state index is 13.9. The van der Waals surface area contributed by atoms with Gasteiger partial charge in [0.05, 0.1) is 0 Å². The Morgan fingerprint density at radius 1 is 0.972 bits per heavy atom. The summed E-state index contributed by atoms with van der Waals surface area (Å²) in [6, 6.07) is 10.6. The molecule has 0 heterocycles. The standard InChI is InChI=1S/C29H41N3O4/c1-10-22(6)32(24(33)17-30-28(35)36-29(7,8)9)26(23-15-18(2)14-19(3)16-23)27(34)31-25-20(4)12-11-13-21(25)5/h11-16,22,26H,10,17H2,1-9H3,(H,30,35)(H,31,34). The molecule has 0 aliphatic carbocycles. The highest BCUT2D eigenvalue weighted by Gasteiger charge is 2.35. The number of alkyl carbamates (subject to hydrolysis) is 1. The van der Waals surface area contributed by atoms with E-state index in [2.05, 4.69) is 10.6 Å². The second-order valence-electron chi connectivity index (χ2n) is 10.5. The Morgan fingerprint density at radius 3 is 2.03 bits per heavy atom. The monoisotopic (exact) mass is 495 g/mol. The van der Waals surface area contributed by atoms with Gasteiger partial charge in [-0.1, -0.05) is 54.4 Å². The van der Waals surface area contributed by atoms with Crippen molar-refractivity contribution < 1.29 is 19.1 Å². The molecule has 2 unspecified atom stereocenters. The molecule has 0 aliphatic heterocycles. The molecule has 0 bridgehead atoms. The SMILES string of the molecule is CCC(C)N(C(=O)CNC(=O)OC(C)(C)C)C(C(=O)Nc1c(C)cccc1C)c1cc(C)cc(C)c1. The number of anilines is 1. The maximum Gasteiger partial charge on any atom is 0.408 e. The fraction of sp³-hybridized carbons (Fsp3) is 0.483. The van der Waals surface area contributed by atoms with Crippen molar-refractivity contribution in [3.05, 3.63) is 64.2 Å². The average Bonchev–Trinajstić information content (AvgIpc) is 2.75. The zero-order chi connectivity index (χ0) is 27.2. The molecule has 196 valence electrons. The maximum atomic E-state index is 13.9. The van der Waals surface area contributed by atoms with E-state index in [1.165, 1.54) is 0 Å². The van der Waals surface area contributed by atoms with Crippen LogP contribution in [0.3, 0.4) is 0 Å². The molecule has 0 aromatic heterocycles. The Morgan fingerprint density at radius 2 is 1.53 bits per heavy atom. The lowest BCUT2D eigenvalue weighted by molar-refractivity contribution is -0.140. The van der Waals surface area contributed by atoms with E-state index in [9.17, 15) is 14.4 Å². The van der Waals surface area contributed by atoms with Crippen molar-refractivity contribution in [2.45, 2.75) is 86.4 Å². The zero-order valence-corrected chi connectivity index (χ0v) is 23.1. The third kappa shape index (κ3) is 7.83. The number of carbonyl (C=O) groups excluding carboxylic acids is 3. The number of hydrogen-bond donors (Lipinski definition) is 2. The lowest BCUT2D eigenvalue weighted by Crippen LogP contribution is -2.50. The molecule has 2 N–H and O–H groups in total. The average molecular weight is 496 g/mol. The Bertz CT molecular complexity index is 1060. The molecule has 2 aromatic rings. The van der Waals surface area contributed by atoms with Crippen LogP contribution in [0, 0.1) is 27.7 Å². The van der Waals surface area contributed by atoms with Crippen molar-refractivity contribution in [2.75, 3.05) is 11.9 Å². The van der Waals surface area contributed by atoms with Crippen LogP contribution in [-0.2, 0) is 14.3 Å². The van der Waals surface area contributed by atoms with Crippen molar-refractivity contribution in [1.29, 1.82) is 0 Å². The molecule has 36 heavy (non-hydrogen) atoms. The number of carbonyl (C=O) groups is 3. The van der Waals surface area contributed by atoms with Crippen molar-refractivity contribution in [2.24, 2.45) is 0 Å². The summed E-state index contributed by atoms with van der Waals surface area (Å²) < 4.78 is 5.28. The van der Waals surface area contributed by atoms with Gasteiger partial charge in [-0.2, -0.15) is 0 Å². The first-order valence-electron chi connectivity index (χ1n) is 12.5. The molecule has 2 rings (SSSR count). The first kappa shape index (κ1) is 28.9. The first-order chi connectivity index (χ1) is 16.7. The minimum Gasteiger partial charge on any atom is -0.444 e. The van der Waals surface area contributed by atoms with Crippen LogP contribution in [-0.4, -0.2) is 41.0 Å². The fourth-order valence-electron chi connectivity index (χ4n) is 4.20. The van der Waals surface area contributed by atoms with E-state index in [0.717, 1.165) is 33.5 Å². The third-order valence-electron chi connectivity index (χ3n) is 5.95. The Labute approximate surface area is 215 Å². The van der Waals surface area contributed by atoms with Gasteiger partial charge in [0.25, 0.3) is 5.91 Å². The van der Waals surface area contributed by atoms with Crippen LogP contribution in [0.15, 0.2) is 36.4 Å². The number of aryl methyl sites for hydroxylation is 4. The van der Waals surface area contributed by atoms with Gasteiger partial charge in [0.15, 0.2) is 0 Å². The van der Waals surface area contributed by atoms with Crippen LogP contribution in [0.2, 0.25) is 0 Å². The van der Waals surface area contributed by atoms with E-state index in [-0.39, 0.29) is 24.4 Å². The highest BCUT2D eigenvalue weighted by Crippen LogP contribution is 2.29. The van der Waals surface area contributed by atoms with Gasteiger partial charge in [-0.15, -0.1) is 0 Å². The van der Waals surface area contributed by atoms with Crippen molar-refractivity contribution >= 4 is 23.6 Å². The Hall–Kier alpha value is -3.35. The molecule has 7 nitrogen and oxygen atoms in total. The van der Waals surface area contributed by atoms with Gasteiger partial charge in [0.2, 0.25) is 5.91 Å². The highest BCUT2D eigenvalue weighted by molar-refractivity contribution is 5.99. The molecule has 0 saturated carbocycles. The van der Waals surface area contributed by atoms with Crippen LogP contribution < -0.4 is 10.6 Å². The van der Waals surface area contributed by atoms with E-state index in [1.54, 1.807) is 25.7 Å². The summed E-state index contributed by atoms with van der Waals surface area (Å²) in [6.07, 6.45) is -0.0428. The minimum atomic E-state index is -0.884. The molecule has 2 aromatic carbocycles. The number of rotatable bonds is 8. The predicted molar refractivity (Wildman–Crippen MR) is 144 cm³/mol. The fourth-order valence-corrected chi connectivity index (χ4v) is 4.20. The van der Waals surface area contributed by atoms with Crippen LogP contribution >= 0.6 is 0 Å². The number of nitrogens with one attached hydrogen (secondary N) is 2. The molecule has 0 radical (unpaired) electrons. The summed E-state index contributed by atoms with van der Waals surface area (Å²) in [4.78, 5) is 41.3. The van der Waals surface area contributed by atoms with E-state index in [1.807, 2.05) is 77.9 Å². The van der Waals surface area contributed by atoms with Gasteiger partial charge >= 0.3 is 6.09 Å². The van der Waals surface area contributed by atoms with Crippen LogP contribution in [0.1, 0.15) is 74.9 Å². The van der Waals surface area contributed by atoms with Gasteiger partial charge < -0.3 is 20.3 Å². The molecule has 0 spiro atoms. The number of para-hydroxylation sites is 1. The summed E-state index contributed by atoms with van der Waals surface area (Å²) in [5, 5.41) is 5.63. The normalized spacial score (nSPS) is 12.9. The van der Waals surface area contributed by atoms with E-state index in [0.29, 0.717) is 6.42 Å². The van der Waals surface area contributed by atoms with Crippen molar-refractivity contribution in [3.63, 3.8) is 0 Å². The molecule has 3 amide bonds. The van der Waals surface area contributed by atoms with Gasteiger partial charge in [0.1, 0.15) is 18.2 Å². The molecular formula is C29H41N3O4. The van der Waals surface area contributed by atoms with Gasteiger partial charge in [0, 0.05) is 11.7 Å². The van der Waals surface area contributed by atoms with Crippen LogP contribution in [0.5, 0.6) is 0 Å². The molecule has 0 aliphatic rings. The summed E-state index contributed by atoms with van der Waals surface area (Å²) in [7, 11) is 0. The quantitative estimate of drug-likeness (QED) is 0.488. The smallest absolute Gasteiger partial charge is 0.408 e. The second kappa shape index (κ2) is 12.1. The van der Waals surface area contributed by atoms with Gasteiger partial charge in [-0.25, -0.2) is 4.79 Å². The van der Waals surface area contributed by atoms with Crippen LogP contribution in [0.4, 0.5) is 10.5 Å². The molecular weight excluding hydrogens is 454 g/mol. The lowest BCUT2D eigenvalue weighted by atomic mass is 9.97. The molecule has 0 saturated heterocycles. The molecule has 7 heteroatoms. The summed E-state index contributed by atoms with van der Waals surface area (Å²) in [5.41, 5.74) is 4.65. The second-order valence-corrected chi connectivity index (χ2v) is 10.5. The van der Waals surface area contributed by atoms with Gasteiger partial charge in [-0.05, 0) is 78.5 Å². The Balaban J connectivity index is 2.49. The first-order valence-corrected chi connectivity index (χ1v) is 12.5. The largest absolute Gasteiger partial charge is 0.444 e. The summed E-state index contributed by atoms with van der Waals surface area (Å²) >= 11 is 0. The lowest BCUT2D eigenvalue weighted by Gasteiger charge is -2.36. The number of ether oxygens (including phenoxy) is 1. The number of benzene rings is 2. The van der Waals surface area contributed by atoms with Crippen LogP contribution in [0.25, 0.3) is 0 Å². The third-order valence-corrected chi connectivity index (χ3v) is 5.95.